The lowest BCUT2D eigenvalue weighted by Gasteiger charge is -2.24. The van der Waals surface area contributed by atoms with Crippen LogP contribution in [0, 0.1) is 6.92 Å². The Morgan fingerprint density at radius 3 is 1.65 bits per heavy atom. The van der Waals surface area contributed by atoms with Gasteiger partial charge in [0.15, 0.2) is 0 Å². The van der Waals surface area contributed by atoms with Crippen molar-refractivity contribution in [2.45, 2.75) is 89.9 Å². The molecule has 0 spiro atoms. The zero-order valence-corrected chi connectivity index (χ0v) is 48.1. The number of hydrogen-bond acceptors (Lipinski definition) is 15. The van der Waals surface area contributed by atoms with E-state index in [0.717, 1.165) is 28.3 Å². The van der Waals surface area contributed by atoms with Gasteiger partial charge in [0.1, 0.15) is 29.6 Å². The third-order valence-corrected chi connectivity index (χ3v) is 13.5. The van der Waals surface area contributed by atoms with E-state index in [9.17, 15) is 53.4 Å². The minimum Gasteiger partial charge on any atom is -0.508 e. The van der Waals surface area contributed by atoms with Crippen LogP contribution in [0.3, 0.4) is 0 Å². The third kappa shape index (κ3) is 31.3. The number of benzene rings is 4. The number of aliphatic hydroxyl groups is 1. The van der Waals surface area contributed by atoms with Gasteiger partial charge in [-0.3, -0.25) is 43.2 Å². The van der Waals surface area contributed by atoms with Gasteiger partial charge < -0.3 is 69.3 Å². The largest absolute Gasteiger partial charge is 0.508 e. The van der Waals surface area contributed by atoms with Crippen LogP contribution in [0.15, 0.2) is 97.1 Å². The summed E-state index contributed by atoms with van der Waals surface area (Å²) in [5, 5.41) is 41.6. The molecule has 9 amide bonds. The lowest BCUT2D eigenvalue weighted by molar-refractivity contribution is -0.131. The molecule has 4 aromatic carbocycles. The minimum absolute atomic E-state index is 0.0307. The van der Waals surface area contributed by atoms with E-state index in [0.29, 0.717) is 48.9 Å². The van der Waals surface area contributed by atoms with E-state index < -0.39 is 73.2 Å². The minimum atomic E-state index is -1.08. The zero-order valence-electron chi connectivity index (χ0n) is 45.7. The second-order valence-corrected chi connectivity index (χ2v) is 20.7. The molecule has 80 heavy (non-hydrogen) atoms. The molecule has 0 aliphatic carbocycles. The quantitative estimate of drug-likeness (QED) is 0.0211. The predicted octanol–water partition coefficient (Wildman–Crippen LogP) is 2.15. The van der Waals surface area contributed by atoms with Crippen molar-refractivity contribution < 1.29 is 58.5 Å². The fourth-order valence-corrected chi connectivity index (χ4v) is 8.34. The molecule has 0 fully saturated rings. The summed E-state index contributed by atoms with van der Waals surface area (Å²) in [5.74, 6) is -3.44. The van der Waals surface area contributed by atoms with Crippen LogP contribution in [0.2, 0.25) is 5.02 Å². The van der Waals surface area contributed by atoms with Gasteiger partial charge in [-0.15, -0.1) is 0 Å². The molecule has 0 bridgehead atoms. The van der Waals surface area contributed by atoms with E-state index >= 15 is 0 Å². The van der Waals surface area contributed by atoms with Gasteiger partial charge in [-0.05, 0) is 124 Å². The monoisotopic (exact) mass is 1170 g/mol. The van der Waals surface area contributed by atoms with E-state index in [2.05, 4.69) is 45.1 Å². The average Bonchev–Trinajstić information content (AvgIpc) is 3.43. The van der Waals surface area contributed by atoms with Crippen LogP contribution < -0.4 is 49.1 Å². The first kappa shape index (κ1) is 70.6. The summed E-state index contributed by atoms with van der Waals surface area (Å²) in [6.45, 7) is 4.77. The van der Waals surface area contributed by atoms with Crippen molar-refractivity contribution in [3.05, 3.63) is 130 Å². The number of aryl methyl sites for hydroxylation is 2. The summed E-state index contributed by atoms with van der Waals surface area (Å²) < 4.78 is 0. The lowest BCUT2D eigenvalue weighted by atomic mass is 10.1. The van der Waals surface area contributed by atoms with Gasteiger partial charge in [0.05, 0.1) is 19.6 Å². The number of carbonyl (C=O) groups is 9. The van der Waals surface area contributed by atoms with Gasteiger partial charge >= 0.3 is 0 Å². The van der Waals surface area contributed by atoms with Gasteiger partial charge in [0, 0.05) is 55.3 Å². The van der Waals surface area contributed by atoms with E-state index in [4.69, 9.17) is 33.9 Å². The summed E-state index contributed by atoms with van der Waals surface area (Å²) in [6, 6.07) is 23.9. The van der Waals surface area contributed by atoms with Crippen molar-refractivity contribution in [1.82, 2.24) is 36.8 Å². The Bertz CT molecular complexity index is 2530. The summed E-state index contributed by atoms with van der Waals surface area (Å²) in [7, 11) is 5.41. The Hall–Kier alpha value is -7.38. The van der Waals surface area contributed by atoms with Gasteiger partial charge in [-0.1, -0.05) is 87.3 Å². The van der Waals surface area contributed by atoms with E-state index in [1.807, 2.05) is 55.3 Å². The Morgan fingerprint density at radius 1 is 0.688 bits per heavy atom. The van der Waals surface area contributed by atoms with Crippen molar-refractivity contribution in [1.29, 1.82) is 0 Å². The predicted molar refractivity (Wildman–Crippen MR) is 312 cm³/mol. The fourth-order valence-electron chi connectivity index (χ4n) is 6.66. The van der Waals surface area contributed by atoms with Crippen molar-refractivity contribution in [3.63, 3.8) is 0 Å². The summed E-state index contributed by atoms with van der Waals surface area (Å²) in [5.41, 5.74) is 20.1. The van der Waals surface area contributed by atoms with Gasteiger partial charge in [0.25, 0.3) is 0 Å². The summed E-state index contributed by atoms with van der Waals surface area (Å²) in [4.78, 5) is 110. The number of nitrogens with two attached hydrogens (primary N) is 3. The highest BCUT2D eigenvalue weighted by molar-refractivity contribution is 8.76. The smallest absolute Gasteiger partial charge is 0.248 e. The van der Waals surface area contributed by atoms with Gasteiger partial charge in [-0.2, -0.15) is 0 Å². The third-order valence-electron chi connectivity index (χ3n) is 11.3. The SMILES string of the molecule is CCO.CSSCC(C)N(C)C(=O)CCc1ccc(Cl)cc1.Cc1ccc(C(N)=O)cc1.NCCCCC(NC(=O)CNC(=O)C(Cc1ccc(O)cc1)NC=O)C(=O)NCC(=O)NCC(=O)NC(Cc1ccc(O)cc1)C(N)=O. The number of hydrogen-bond donors (Lipinski definition) is 12. The molecule has 0 saturated heterocycles. The number of amides is 9. The number of aromatic hydroxyl groups is 2. The van der Waals surface area contributed by atoms with Crippen molar-refractivity contribution >= 4 is 86.9 Å². The first-order valence-corrected chi connectivity index (χ1v) is 28.5. The lowest BCUT2D eigenvalue weighted by Crippen LogP contribution is -2.53. The van der Waals surface area contributed by atoms with Crippen LogP contribution in [0.5, 0.6) is 11.5 Å². The molecule has 0 aliphatic heterocycles. The number of phenols is 2. The van der Waals surface area contributed by atoms with Crippen molar-refractivity contribution in [2.24, 2.45) is 17.2 Å². The van der Waals surface area contributed by atoms with Crippen LogP contribution in [0.25, 0.3) is 0 Å². The molecule has 0 heterocycles. The standard InChI is InChI=1S/C31H42N8O9.C14H20ClNOS2.C8H9NO.C2H6O/c32-12-2-1-3-23(38-28(45)17-36-31(48)25(37-18-40)14-20-6-10-22(42)11-7-20)30(47)35-15-26(43)34-16-27(44)39-24(29(33)46)13-19-4-8-21(41)9-5-19;1-11(10-19-18-3)16(2)14(17)9-6-12-4-7-13(15)8-5-12;1-6-2-4-7(5-3-6)8(9)10;1-2-3/h4-11,18,23-25,41-42H,1-3,12-17,32H2,(H2,33,46)(H,34,43)(H,35,47)(H,36,48)(H,37,40)(H,38,45)(H,39,44);4-5,7-8,11H,6,9-10H2,1-3H3;2-5H,1H3,(H2,9,10);3H,2H2,1H3. The highest BCUT2D eigenvalue weighted by Crippen LogP contribution is 2.20. The zero-order chi connectivity index (χ0) is 60.0. The molecule has 0 radical (unpaired) electrons. The molecule has 4 atom stereocenters. The Labute approximate surface area is 480 Å². The highest BCUT2D eigenvalue weighted by atomic mass is 35.5. The Balaban J connectivity index is 0.000000805. The number of carbonyl (C=O) groups excluding carboxylic acids is 9. The maximum atomic E-state index is 12.9. The molecular weight excluding hydrogens is 1090 g/mol. The molecule has 4 aromatic rings. The van der Waals surface area contributed by atoms with Crippen LogP contribution in [0.1, 0.15) is 72.1 Å². The highest BCUT2D eigenvalue weighted by Gasteiger charge is 2.24. The number of nitrogens with one attached hydrogen (secondary N) is 6. The fraction of sp³-hybridized carbons (Fsp3) is 0.400. The molecule has 25 heteroatoms. The van der Waals surface area contributed by atoms with Crippen molar-refractivity contribution in [2.75, 3.05) is 51.8 Å². The van der Waals surface area contributed by atoms with E-state index in [-0.39, 0.29) is 55.2 Å². The van der Waals surface area contributed by atoms with Crippen molar-refractivity contribution in [3.8, 4) is 11.5 Å². The van der Waals surface area contributed by atoms with E-state index in [1.165, 1.54) is 24.3 Å². The van der Waals surface area contributed by atoms with Crippen LogP contribution >= 0.6 is 33.2 Å². The maximum absolute atomic E-state index is 12.9. The molecule has 0 aromatic heterocycles. The number of rotatable bonds is 29. The first-order valence-electron chi connectivity index (χ1n) is 25.4. The molecule has 438 valence electrons. The topological polar surface area (TPSA) is 368 Å². The molecule has 4 rings (SSSR count). The Morgan fingerprint density at radius 2 is 1.16 bits per heavy atom. The van der Waals surface area contributed by atoms with Gasteiger partial charge in [-0.25, -0.2) is 0 Å². The van der Waals surface area contributed by atoms with E-state index in [1.54, 1.807) is 64.9 Å². The number of unbranched alkanes of at least 4 members (excludes halogenated alkanes) is 1. The average molecular weight is 1170 g/mol. The van der Waals surface area contributed by atoms with Gasteiger partial charge in [0.2, 0.25) is 53.7 Å². The Kier molecular flexibility index (Phi) is 36.0. The second kappa shape index (κ2) is 40.8. The second-order valence-electron chi connectivity index (χ2n) is 17.7. The van der Waals surface area contributed by atoms with Crippen LogP contribution in [-0.2, 0) is 57.6 Å². The number of phenolic OH excluding ortho intramolecular Hbond substituents is 2. The number of primary amides is 2. The number of aliphatic hydroxyl groups excluding tert-OH is 1. The molecular formula is C55H77ClN10O12S2. The first-order chi connectivity index (χ1) is 38.1. The molecule has 15 N–H and O–H groups in total. The molecule has 0 aliphatic rings. The molecule has 0 saturated carbocycles. The molecule has 4 unspecified atom stereocenters. The number of nitrogens with zero attached hydrogens (tertiary/aromatic N) is 1. The summed E-state index contributed by atoms with van der Waals surface area (Å²) >= 11 is 5.84. The maximum Gasteiger partial charge on any atom is 0.248 e. The van der Waals surface area contributed by atoms with Crippen LogP contribution in [-0.4, -0.2) is 150 Å². The van der Waals surface area contributed by atoms with Crippen LogP contribution in [0.4, 0.5) is 0 Å². The number of halogens is 1. The summed E-state index contributed by atoms with van der Waals surface area (Å²) in [6.07, 6.45) is 5.07. The molecule has 22 nitrogen and oxygen atoms in total. The normalized spacial score (nSPS) is 11.7.